The van der Waals surface area contributed by atoms with Crippen LogP contribution in [0, 0.1) is 0 Å². The number of hydrogen-bond donors (Lipinski definition) is 0. The van der Waals surface area contributed by atoms with Crippen molar-refractivity contribution in [3.8, 4) is 0 Å². The van der Waals surface area contributed by atoms with Crippen LogP contribution < -0.4 is 0 Å². The van der Waals surface area contributed by atoms with Crippen molar-refractivity contribution >= 4 is 30.2 Å². The van der Waals surface area contributed by atoms with Crippen LogP contribution in [0.15, 0.2) is 12.7 Å². The summed E-state index contributed by atoms with van der Waals surface area (Å²) in [5.74, 6) is -3.22. The molecule has 0 heterocycles. The predicted octanol–water partition coefficient (Wildman–Crippen LogP) is 0.488. The van der Waals surface area contributed by atoms with Gasteiger partial charge in [0.05, 0.1) is 0 Å². The van der Waals surface area contributed by atoms with E-state index in [4.69, 9.17) is 18.9 Å². The first kappa shape index (κ1) is 22.3. The largest absolute Gasteiger partial charge is 0.454 e. The summed E-state index contributed by atoms with van der Waals surface area (Å²) in [4.78, 5) is 56.9. The van der Waals surface area contributed by atoms with Crippen LogP contribution in [0.5, 0.6) is 0 Å². The molecule has 140 valence electrons. The molecule has 0 amide bonds. The average Bonchev–Trinajstić information content (AvgIpc) is 2.46. The molecule has 0 bridgehead atoms. The minimum Gasteiger partial charge on any atom is -0.454 e. The first-order valence-electron chi connectivity index (χ1n) is 7.27. The number of esters is 4. The molecule has 0 unspecified atom stereocenters. The maximum Gasteiger partial charge on any atom is 0.303 e. The Labute approximate surface area is 145 Å². The molecule has 0 aliphatic carbocycles. The second-order valence-corrected chi connectivity index (χ2v) is 5.30. The number of ether oxygens (including phenoxy) is 4. The molecule has 0 spiro atoms. The Morgan fingerprint density at radius 2 is 1.36 bits per heavy atom. The minimum absolute atomic E-state index is 0.211. The van der Waals surface area contributed by atoms with E-state index in [-0.39, 0.29) is 6.29 Å². The van der Waals surface area contributed by atoms with Crippen LogP contribution in [-0.4, -0.2) is 54.1 Å². The Morgan fingerprint density at radius 3 is 1.68 bits per heavy atom. The fraction of sp³-hybridized carbons (Fsp3) is 0.562. The highest BCUT2D eigenvalue weighted by Gasteiger charge is 2.49. The molecule has 25 heavy (non-hydrogen) atoms. The van der Waals surface area contributed by atoms with Crippen LogP contribution in [-0.2, 0) is 42.9 Å². The van der Waals surface area contributed by atoms with E-state index in [0.717, 1.165) is 33.8 Å². The molecule has 9 heteroatoms. The Bertz CT molecular complexity index is 554. The lowest BCUT2D eigenvalue weighted by Gasteiger charge is -2.38. The van der Waals surface area contributed by atoms with Crippen molar-refractivity contribution in [2.75, 3.05) is 0 Å². The number of aldehydes is 1. The van der Waals surface area contributed by atoms with Crippen LogP contribution in [0.25, 0.3) is 0 Å². The number of rotatable bonds is 9. The monoisotopic (exact) mass is 358 g/mol. The van der Waals surface area contributed by atoms with E-state index in [0.29, 0.717) is 0 Å². The van der Waals surface area contributed by atoms with Crippen LogP contribution in [0.2, 0.25) is 0 Å². The molecular formula is C16H22O9. The van der Waals surface area contributed by atoms with Crippen molar-refractivity contribution < 1.29 is 42.9 Å². The average molecular weight is 358 g/mol. The van der Waals surface area contributed by atoms with Crippen LogP contribution in [0.4, 0.5) is 0 Å². The molecule has 0 aliphatic rings. The molecule has 0 aliphatic heterocycles. The SMILES string of the molecule is C=C[C@](C)(OC(C)=O)[C@H](OC(C)=O)[C@H](OC(C)=O)[C@H](C=O)OC(C)=O. The molecule has 0 radical (unpaired) electrons. The third-order valence-electron chi connectivity index (χ3n) is 2.99. The van der Waals surface area contributed by atoms with Gasteiger partial charge in [0.1, 0.15) is 0 Å². The Morgan fingerprint density at radius 1 is 0.880 bits per heavy atom. The molecule has 0 saturated heterocycles. The summed E-state index contributed by atoms with van der Waals surface area (Å²) < 4.78 is 20.1. The topological polar surface area (TPSA) is 122 Å². The van der Waals surface area contributed by atoms with Gasteiger partial charge in [0.2, 0.25) is 0 Å². The number of carbonyl (C=O) groups is 5. The standard InChI is InChI=1S/C16H22O9/c1-7-16(6,25-12(5)21)15(24-11(4)20)14(23-10(3)19)13(8-17)22-9(2)18/h7-8,13-15H,1H2,2-6H3/t13-,14+,15+,16-/m0/s1. The van der Waals surface area contributed by atoms with Gasteiger partial charge < -0.3 is 18.9 Å². The van der Waals surface area contributed by atoms with E-state index in [9.17, 15) is 24.0 Å². The van der Waals surface area contributed by atoms with Gasteiger partial charge in [0, 0.05) is 27.7 Å². The smallest absolute Gasteiger partial charge is 0.303 e. The molecule has 9 nitrogen and oxygen atoms in total. The van der Waals surface area contributed by atoms with Gasteiger partial charge in [-0.25, -0.2) is 0 Å². The highest BCUT2D eigenvalue weighted by atomic mass is 16.6. The van der Waals surface area contributed by atoms with Crippen molar-refractivity contribution in [2.24, 2.45) is 0 Å². The van der Waals surface area contributed by atoms with Gasteiger partial charge in [0.15, 0.2) is 30.2 Å². The van der Waals surface area contributed by atoms with Gasteiger partial charge in [-0.1, -0.05) is 6.58 Å². The summed E-state index contributed by atoms with van der Waals surface area (Å²) in [6.07, 6.45) is -3.30. The van der Waals surface area contributed by atoms with Gasteiger partial charge in [-0.2, -0.15) is 0 Å². The number of carbonyl (C=O) groups excluding carboxylic acids is 5. The van der Waals surface area contributed by atoms with Gasteiger partial charge in [0.25, 0.3) is 0 Å². The first-order valence-corrected chi connectivity index (χ1v) is 7.27. The fourth-order valence-electron chi connectivity index (χ4n) is 2.07. The maximum absolute atomic E-state index is 11.5. The van der Waals surface area contributed by atoms with Gasteiger partial charge in [-0.15, -0.1) is 0 Å². The Balaban J connectivity index is 6.13. The van der Waals surface area contributed by atoms with Gasteiger partial charge in [-0.05, 0) is 13.0 Å². The van der Waals surface area contributed by atoms with Crippen molar-refractivity contribution in [1.82, 2.24) is 0 Å². The molecule has 0 aromatic heterocycles. The second kappa shape index (κ2) is 9.55. The van der Waals surface area contributed by atoms with Gasteiger partial charge in [-0.3, -0.25) is 24.0 Å². The summed E-state index contributed by atoms with van der Waals surface area (Å²) in [6.45, 7) is 9.11. The zero-order chi connectivity index (χ0) is 19.8. The summed E-state index contributed by atoms with van der Waals surface area (Å²) in [7, 11) is 0. The zero-order valence-corrected chi connectivity index (χ0v) is 14.8. The van der Waals surface area contributed by atoms with E-state index in [1.165, 1.54) is 6.92 Å². The van der Waals surface area contributed by atoms with Crippen LogP contribution in [0.3, 0.4) is 0 Å². The second-order valence-electron chi connectivity index (χ2n) is 5.30. The molecule has 4 atom stereocenters. The summed E-state index contributed by atoms with van der Waals surface area (Å²) in [6, 6.07) is 0. The quantitative estimate of drug-likeness (QED) is 0.251. The Hall–Kier alpha value is -2.71. The van der Waals surface area contributed by atoms with Crippen molar-refractivity contribution in [3.63, 3.8) is 0 Å². The van der Waals surface area contributed by atoms with E-state index in [2.05, 4.69) is 6.58 Å². The molecule has 0 aromatic carbocycles. The molecular weight excluding hydrogens is 336 g/mol. The predicted molar refractivity (Wildman–Crippen MR) is 83.1 cm³/mol. The van der Waals surface area contributed by atoms with Crippen LogP contribution >= 0.6 is 0 Å². The molecule has 0 aromatic rings. The normalized spacial score (nSPS) is 16.2. The summed E-state index contributed by atoms with van der Waals surface area (Å²) in [5.41, 5.74) is -1.67. The lowest BCUT2D eigenvalue weighted by atomic mass is 9.91. The van der Waals surface area contributed by atoms with Gasteiger partial charge >= 0.3 is 23.9 Å². The minimum atomic E-state index is -1.67. The van der Waals surface area contributed by atoms with E-state index in [1.807, 2.05) is 0 Å². The molecule has 0 saturated carbocycles. The lowest BCUT2D eigenvalue weighted by Crippen LogP contribution is -2.56. The third-order valence-corrected chi connectivity index (χ3v) is 2.99. The summed E-state index contributed by atoms with van der Waals surface area (Å²) in [5, 5.41) is 0. The summed E-state index contributed by atoms with van der Waals surface area (Å²) >= 11 is 0. The van der Waals surface area contributed by atoms with Crippen molar-refractivity contribution in [1.29, 1.82) is 0 Å². The lowest BCUT2D eigenvalue weighted by molar-refractivity contribution is -0.204. The third kappa shape index (κ3) is 7.15. The zero-order valence-electron chi connectivity index (χ0n) is 14.8. The molecule has 0 fully saturated rings. The molecule has 0 N–H and O–H groups in total. The maximum atomic E-state index is 11.5. The fourth-order valence-corrected chi connectivity index (χ4v) is 2.07. The van der Waals surface area contributed by atoms with Crippen LogP contribution in [0.1, 0.15) is 34.6 Å². The van der Waals surface area contributed by atoms with E-state index >= 15 is 0 Å². The number of hydrogen-bond acceptors (Lipinski definition) is 9. The van der Waals surface area contributed by atoms with E-state index < -0.39 is 47.8 Å². The highest BCUT2D eigenvalue weighted by Crippen LogP contribution is 2.28. The highest BCUT2D eigenvalue weighted by molar-refractivity contribution is 5.72. The van der Waals surface area contributed by atoms with Crippen molar-refractivity contribution in [2.45, 2.75) is 58.5 Å². The Kier molecular flexibility index (Phi) is 8.52. The molecule has 0 rings (SSSR count). The first-order chi connectivity index (χ1) is 11.5. The van der Waals surface area contributed by atoms with E-state index in [1.54, 1.807) is 0 Å². The van der Waals surface area contributed by atoms with Crippen molar-refractivity contribution in [3.05, 3.63) is 12.7 Å².